The molecule has 13 N–H and O–H groups in total. The summed E-state index contributed by atoms with van der Waals surface area (Å²) in [7, 11) is 2.89. The maximum absolute atomic E-state index is 13.7. The maximum Gasteiger partial charge on any atom is 0.315 e. The summed E-state index contributed by atoms with van der Waals surface area (Å²) in [4.78, 5) is 115. The Labute approximate surface area is 636 Å². The van der Waals surface area contributed by atoms with Crippen molar-refractivity contribution in [2.45, 2.75) is 319 Å². The van der Waals surface area contributed by atoms with E-state index in [1.165, 1.54) is 21.3 Å². The van der Waals surface area contributed by atoms with Gasteiger partial charge in [0.05, 0.1) is 65.6 Å². The fraction of sp³-hybridized carbons (Fsp3) is 0.880. The number of aliphatic hydroxyl groups excluding tert-OH is 9. The SMILES string of the molecule is COCCCCCCNC(=O)NC(COCCC(=O)CCCCCC(=O)CCCCOC1OC(CO)C(O)C(O)C1C)(COCCC(=O)CCCCCC(=O)CCCCOC1OC(CO)C(O)C(O)C1NC(C)=O)COCCC(=O)CCCCCC(=O)CCCCOC1OC(CO)C(O)C(O)C1NC(C)=O.[3H]C.[3H][3H]. The smallest absolute Gasteiger partial charge is 0.315 e. The van der Waals surface area contributed by atoms with Crippen LogP contribution in [0.15, 0.2) is 0 Å². The molecule has 107 heavy (non-hydrogen) atoms. The highest BCUT2D eigenvalue weighted by Crippen LogP contribution is 2.28. The van der Waals surface area contributed by atoms with Crippen LogP contribution >= 0.6 is 0 Å². The molecule has 15 atom stereocenters. The van der Waals surface area contributed by atoms with Gasteiger partial charge in [-0.2, -0.15) is 0 Å². The first-order valence-corrected chi connectivity index (χ1v) is 38.5. The molecule has 15 unspecified atom stereocenters. The van der Waals surface area contributed by atoms with Crippen LogP contribution < -0.4 is 21.3 Å². The summed E-state index contributed by atoms with van der Waals surface area (Å²) in [5.74, 6) is -1.46. The summed E-state index contributed by atoms with van der Waals surface area (Å²) in [6, 6.07) is -2.66. The van der Waals surface area contributed by atoms with Crippen molar-refractivity contribution in [1.29, 1.82) is 0 Å². The third kappa shape index (κ3) is 41.5. The summed E-state index contributed by atoms with van der Waals surface area (Å²) in [5, 5.41) is 101. The van der Waals surface area contributed by atoms with Crippen molar-refractivity contribution < 1.29 is 141 Å². The molecule has 3 heterocycles. The lowest BCUT2D eigenvalue weighted by Gasteiger charge is -2.42. The number of nitrogens with one attached hydrogen (secondary N) is 4. The molecular formula is C75H136N4O28. The average Bonchev–Trinajstić information content (AvgIpc) is 0.822. The van der Waals surface area contributed by atoms with Crippen LogP contribution in [-0.2, 0) is 85.7 Å². The largest absolute Gasteiger partial charge is 0.394 e. The summed E-state index contributed by atoms with van der Waals surface area (Å²) in [6.45, 7) is 3.57. The Balaban J connectivity index is 0.0000149. The van der Waals surface area contributed by atoms with Gasteiger partial charge in [-0.05, 0) is 89.9 Å². The molecule has 3 aliphatic rings. The first-order chi connectivity index (χ1) is 52.9. The summed E-state index contributed by atoms with van der Waals surface area (Å²) in [5.41, 5.74) is -1.35. The number of rotatable bonds is 64. The molecule has 0 saturated carbocycles. The highest BCUT2D eigenvalue weighted by molar-refractivity contribution is 5.81. The van der Waals surface area contributed by atoms with Crippen molar-refractivity contribution in [1.82, 2.24) is 21.3 Å². The molecule has 3 rings (SSSR count). The number of carbonyl (C=O) groups is 9. The van der Waals surface area contributed by atoms with Gasteiger partial charge in [0.1, 0.15) is 101 Å². The van der Waals surface area contributed by atoms with Gasteiger partial charge in [0.15, 0.2) is 18.9 Å². The van der Waals surface area contributed by atoms with Gasteiger partial charge in [-0.3, -0.25) is 38.4 Å². The van der Waals surface area contributed by atoms with Crippen molar-refractivity contribution in [2.75, 3.05) is 99.5 Å². The molecule has 3 fully saturated rings. The number of ketones is 6. The number of unbranched alkanes of at least 4 members (excludes halogenated alkanes) is 12. The molecule has 0 aromatic heterocycles. The third-order valence-electron chi connectivity index (χ3n) is 19.0. The normalized spacial score (nSPS) is 25.0. The molecule has 0 bridgehead atoms. The number of hydrogen-bond donors (Lipinski definition) is 13. The first kappa shape index (κ1) is 94.8. The van der Waals surface area contributed by atoms with Crippen molar-refractivity contribution in [3.63, 3.8) is 0 Å². The molecule has 0 spiro atoms. The summed E-state index contributed by atoms with van der Waals surface area (Å²) in [6.07, 6.45) is 0.412. The molecule has 0 radical (unpaired) electrons. The highest BCUT2D eigenvalue weighted by Gasteiger charge is 2.47. The minimum Gasteiger partial charge on any atom is -0.394 e. The number of Topliss-reactive ketones (excluding diaryl/α,β-unsaturated/α-hetero) is 6. The minimum absolute atomic E-state index is 0.00156. The molecule has 0 aromatic rings. The lowest BCUT2D eigenvalue weighted by molar-refractivity contribution is -0.282. The highest BCUT2D eigenvalue weighted by atomic mass is 16.7. The van der Waals surface area contributed by atoms with Gasteiger partial charge in [-0.25, -0.2) is 4.79 Å². The van der Waals surface area contributed by atoms with Crippen molar-refractivity contribution in [2.24, 2.45) is 5.92 Å². The number of aliphatic hydroxyl groups is 9. The van der Waals surface area contributed by atoms with Gasteiger partial charge >= 0.3 is 6.03 Å². The molecule has 624 valence electrons. The van der Waals surface area contributed by atoms with E-state index in [1.54, 1.807) is 14.0 Å². The number of carbonyl (C=O) groups excluding carboxylic acids is 9. The molecule has 3 aliphatic heterocycles. The number of ether oxygens (including phenoxy) is 10. The van der Waals surface area contributed by atoms with Crippen molar-refractivity contribution >= 4 is 52.5 Å². The van der Waals surface area contributed by atoms with Crippen LogP contribution in [0.3, 0.4) is 0 Å². The number of amides is 4. The van der Waals surface area contributed by atoms with Gasteiger partial charge in [0, 0.05) is 141 Å². The Morgan fingerprint density at radius 3 is 1.03 bits per heavy atom. The van der Waals surface area contributed by atoms with E-state index in [0.29, 0.717) is 154 Å². The quantitative estimate of drug-likeness (QED) is 0.0389. The van der Waals surface area contributed by atoms with Crippen LogP contribution in [0.2, 0.25) is 0 Å². The van der Waals surface area contributed by atoms with Crippen LogP contribution in [0, 0.1) is 5.92 Å². The van der Waals surface area contributed by atoms with E-state index < -0.39 is 135 Å². The van der Waals surface area contributed by atoms with Crippen LogP contribution in [-0.4, -0.2) is 289 Å². The maximum atomic E-state index is 13.7. The number of hydrogen-bond acceptors (Lipinski definition) is 28. The average molecular weight is 1550 g/mol. The zero-order valence-corrected chi connectivity index (χ0v) is 64.3. The van der Waals surface area contributed by atoms with Crippen LogP contribution in [0.1, 0.15) is 232 Å². The molecular weight excluding hydrogens is 1400 g/mol. The fourth-order valence-corrected chi connectivity index (χ4v) is 12.5. The fourth-order valence-electron chi connectivity index (χ4n) is 12.5. The molecule has 4 amide bonds. The topological polar surface area (TPSA) is 476 Å². The number of methoxy groups -OCH3 is 1. The van der Waals surface area contributed by atoms with Crippen LogP contribution in [0.25, 0.3) is 0 Å². The van der Waals surface area contributed by atoms with Crippen molar-refractivity contribution in [3.05, 3.63) is 0 Å². The monoisotopic (exact) mass is 1550 g/mol. The molecule has 3 saturated heterocycles. The Hall–Kier alpha value is -4.53. The van der Waals surface area contributed by atoms with E-state index in [9.17, 15) is 89.1 Å². The first-order valence-electron chi connectivity index (χ1n) is 40.5. The summed E-state index contributed by atoms with van der Waals surface area (Å²) >= 11 is 0. The lowest BCUT2D eigenvalue weighted by atomic mass is 9.92. The number of urea groups is 1. The molecule has 0 aromatic carbocycles. The van der Waals surface area contributed by atoms with Gasteiger partial charge in [0.25, 0.3) is 0 Å². The van der Waals surface area contributed by atoms with E-state index in [4.69, 9.17) is 51.7 Å². The Kier molecular flexibility index (Phi) is 51.7. The van der Waals surface area contributed by atoms with E-state index >= 15 is 0 Å². The third-order valence-corrected chi connectivity index (χ3v) is 19.0. The molecule has 32 heteroatoms. The Morgan fingerprint density at radius 1 is 0.402 bits per heavy atom. The molecule has 32 nitrogen and oxygen atoms in total. The second kappa shape index (κ2) is 58.4. The Bertz CT molecular complexity index is 2400. The zero-order valence-electron chi connectivity index (χ0n) is 67.3. The predicted molar refractivity (Wildman–Crippen MR) is 391 cm³/mol. The molecule has 0 aliphatic carbocycles. The van der Waals surface area contributed by atoms with Gasteiger partial charge in [-0.15, -0.1) is 0 Å². The second-order valence-corrected chi connectivity index (χ2v) is 28.3. The predicted octanol–water partition coefficient (Wildman–Crippen LogP) is 3.12. The van der Waals surface area contributed by atoms with Gasteiger partial charge < -0.3 is 115 Å². The minimum atomic E-state index is -1.43. The van der Waals surface area contributed by atoms with E-state index in [1.807, 2.05) is 0 Å². The van der Waals surface area contributed by atoms with Gasteiger partial charge in [-0.1, -0.05) is 46.4 Å². The van der Waals surface area contributed by atoms with Gasteiger partial charge in [0.2, 0.25) is 11.8 Å². The van der Waals surface area contributed by atoms with Crippen LogP contribution in [0.5, 0.6) is 0 Å². The second-order valence-electron chi connectivity index (χ2n) is 28.3. The lowest BCUT2D eigenvalue weighted by Crippen LogP contribution is -2.64. The summed E-state index contributed by atoms with van der Waals surface area (Å²) < 4.78 is 73.3. The van der Waals surface area contributed by atoms with E-state index in [2.05, 4.69) is 21.3 Å². The van der Waals surface area contributed by atoms with E-state index in [-0.39, 0.29) is 133 Å². The Morgan fingerprint density at radius 2 is 0.692 bits per heavy atom. The zero-order chi connectivity index (χ0) is 82.1. The standard InChI is InChI=1S/C74H130N4O28.CH4.H2/c1-50-64(90)65(91)59(44-79)104-70(50)101-38-21-16-30-53(84)24-10-7-13-27-56(87)33-41-98-47-74(78-73(96)75-36-19-5-6-20-37-97-4,48-99-42-34-57(88)28-14-8-11-25-54(85)31-17-22-39-102-71-62(76-51(2)82)68(94)66(92)60(45-80)105-71)49-100-43-35-58(89)29-15-9-12-26-55(86)32-18-23-40-103-72-63(77-52(3)83)69(95)67(93)61(46-81)106-72;;/h50,59-72,79-81,90-95H,5-49H2,1-4H3,(H,76,82)(H,77,83)(H2,75,78,96);1H4;1H/i;1T;1+2T. The van der Waals surface area contributed by atoms with E-state index in [0.717, 1.165) is 19.3 Å². The van der Waals surface area contributed by atoms with Crippen LogP contribution in [0.4, 0.5) is 4.79 Å². The van der Waals surface area contributed by atoms with Crippen molar-refractivity contribution in [3.8, 4) is 0 Å².